The van der Waals surface area contributed by atoms with Gasteiger partial charge in [0.05, 0.1) is 18.2 Å². The number of hydrogen-bond donors (Lipinski definition) is 1. The maximum atomic E-state index is 12.3. The van der Waals surface area contributed by atoms with Crippen molar-refractivity contribution in [1.82, 2.24) is 5.32 Å². The van der Waals surface area contributed by atoms with Crippen molar-refractivity contribution in [3.63, 3.8) is 0 Å². The highest BCUT2D eigenvalue weighted by molar-refractivity contribution is 6.01. The van der Waals surface area contributed by atoms with Crippen LogP contribution < -0.4 is 15.0 Å². The van der Waals surface area contributed by atoms with Crippen molar-refractivity contribution in [2.75, 3.05) is 18.1 Å². The first-order valence-electron chi connectivity index (χ1n) is 7.66. The first-order valence-corrected chi connectivity index (χ1v) is 7.66. The quantitative estimate of drug-likeness (QED) is 0.929. The van der Waals surface area contributed by atoms with E-state index in [4.69, 9.17) is 4.74 Å². The van der Waals surface area contributed by atoms with E-state index in [1.54, 1.807) is 4.90 Å². The molecular weight excluding hydrogens is 280 g/mol. The van der Waals surface area contributed by atoms with E-state index in [0.717, 1.165) is 5.69 Å². The van der Waals surface area contributed by atoms with Gasteiger partial charge in [-0.2, -0.15) is 0 Å². The van der Waals surface area contributed by atoms with Crippen molar-refractivity contribution in [2.24, 2.45) is 5.92 Å². The van der Waals surface area contributed by atoms with Gasteiger partial charge in [0, 0.05) is 18.5 Å². The van der Waals surface area contributed by atoms with Crippen LogP contribution in [0.3, 0.4) is 0 Å². The molecule has 1 atom stereocenters. The molecule has 120 valence electrons. The molecule has 1 heterocycles. The standard InChI is InChI=1S/C17H24N2O3/c1-5-22-14-9-7-6-8-13(14)19-11-12(10-15(19)20)16(21)18-17(2,3)4/h6-9,12H,5,10-11H2,1-4H3,(H,18,21)/t12-/m0/s1. The fourth-order valence-corrected chi connectivity index (χ4v) is 2.55. The topological polar surface area (TPSA) is 58.6 Å². The fraction of sp³-hybridized carbons (Fsp3) is 0.529. The Morgan fingerprint density at radius 1 is 1.36 bits per heavy atom. The molecule has 1 saturated heterocycles. The molecule has 1 N–H and O–H groups in total. The number of ether oxygens (including phenoxy) is 1. The van der Waals surface area contributed by atoms with Gasteiger partial charge in [0.15, 0.2) is 0 Å². The molecule has 0 saturated carbocycles. The Kier molecular flexibility index (Phi) is 4.74. The van der Waals surface area contributed by atoms with Crippen molar-refractivity contribution in [1.29, 1.82) is 0 Å². The summed E-state index contributed by atoms with van der Waals surface area (Å²) in [5, 5.41) is 2.94. The van der Waals surface area contributed by atoms with E-state index in [1.165, 1.54) is 0 Å². The maximum absolute atomic E-state index is 12.3. The van der Waals surface area contributed by atoms with Gasteiger partial charge >= 0.3 is 0 Å². The number of nitrogens with one attached hydrogen (secondary N) is 1. The van der Waals surface area contributed by atoms with Gasteiger partial charge in [0.1, 0.15) is 5.75 Å². The summed E-state index contributed by atoms with van der Waals surface area (Å²) in [6.07, 6.45) is 0.238. The Balaban J connectivity index is 2.15. The maximum Gasteiger partial charge on any atom is 0.227 e. The molecule has 0 aromatic heterocycles. The summed E-state index contributed by atoms with van der Waals surface area (Å²) >= 11 is 0. The third-order valence-electron chi connectivity index (χ3n) is 3.45. The lowest BCUT2D eigenvalue weighted by molar-refractivity contribution is -0.127. The predicted molar refractivity (Wildman–Crippen MR) is 86.0 cm³/mol. The largest absolute Gasteiger partial charge is 0.492 e. The van der Waals surface area contributed by atoms with Crippen LogP contribution in [0.1, 0.15) is 34.1 Å². The molecule has 22 heavy (non-hydrogen) atoms. The van der Waals surface area contributed by atoms with Gasteiger partial charge < -0.3 is 15.0 Å². The Morgan fingerprint density at radius 3 is 2.68 bits per heavy atom. The molecule has 2 rings (SSSR count). The monoisotopic (exact) mass is 304 g/mol. The number of amides is 2. The molecule has 0 bridgehead atoms. The Morgan fingerprint density at radius 2 is 2.05 bits per heavy atom. The van der Waals surface area contributed by atoms with Gasteiger partial charge in [-0.3, -0.25) is 9.59 Å². The lowest BCUT2D eigenvalue weighted by Crippen LogP contribution is -2.44. The average Bonchev–Trinajstić information content (AvgIpc) is 2.80. The third kappa shape index (κ3) is 3.78. The number of anilines is 1. The van der Waals surface area contributed by atoms with Gasteiger partial charge in [0.25, 0.3) is 0 Å². The van der Waals surface area contributed by atoms with Crippen molar-refractivity contribution < 1.29 is 14.3 Å². The SMILES string of the molecule is CCOc1ccccc1N1C[C@@H](C(=O)NC(C)(C)C)CC1=O. The van der Waals surface area contributed by atoms with E-state index in [2.05, 4.69) is 5.32 Å². The molecule has 1 aliphatic rings. The molecular formula is C17H24N2O3. The summed E-state index contributed by atoms with van der Waals surface area (Å²) in [7, 11) is 0. The molecule has 0 spiro atoms. The minimum Gasteiger partial charge on any atom is -0.492 e. The second-order valence-electron chi connectivity index (χ2n) is 6.55. The molecule has 1 aromatic carbocycles. The predicted octanol–water partition coefficient (Wildman–Crippen LogP) is 2.35. The van der Waals surface area contributed by atoms with Crippen LogP contribution in [0.25, 0.3) is 0 Å². The van der Waals surface area contributed by atoms with E-state index in [0.29, 0.717) is 18.9 Å². The summed E-state index contributed by atoms with van der Waals surface area (Å²) in [5.74, 6) is 0.245. The Labute approximate surface area is 131 Å². The van der Waals surface area contributed by atoms with Gasteiger partial charge in [-0.25, -0.2) is 0 Å². The average molecular weight is 304 g/mol. The molecule has 5 nitrogen and oxygen atoms in total. The van der Waals surface area contributed by atoms with Gasteiger partial charge in [0.2, 0.25) is 11.8 Å². The van der Waals surface area contributed by atoms with E-state index >= 15 is 0 Å². The van der Waals surface area contributed by atoms with Crippen LogP contribution in [0.15, 0.2) is 24.3 Å². The number of hydrogen-bond acceptors (Lipinski definition) is 3. The minimum atomic E-state index is -0.318. The lowest BCUT2D eigenvalue weighted by Gasteiger charge is -2.23. The van der Waals surface area contributed by atoms with E-state index in [-0.39, 0.29) is 29.7 Å². The fourth-order valence-electron chi connectivity index (χ4n) is 2.55. The molecule has 5 heteroatoms. The second kappa shape index (κ2) is 6.38. The molecule has 0 aliphatic carbocycles. The summed E-state index contributed by atoms with van der Waals surface area (Å²) in [4.78, 5) is 26.2. The van der Waals surface area contributed by atoms with E-state index in [9.17, 15) is 9.59 Å². The van der Waals surface area contributed by atoms with Crippen LogP contribution in [0, 0.1) is 5.92 Å². The number of nitrogens with zero attached hydrogens (tertiary/aromatic N) is 1. The Hall–Kier alpha value is -2.04. The van der Waals surface area contributed by atoms with Crippen LogP contribution in [0.2, 0.25) is 0 Å². The molecule has 1 aromatic rings. The zero-order chi connectivity index (χ0) is 16.3. The first kappa shape index (κ1) is 16.3. The van der Waals surface area contributed by atoms with Crippen LogP contribution in [0.5, 0.6) is 5.75 Å². The molecule has 0 unspecified atom stereocenters. The highest BCUT2D eigenvalue weighted by Gasteiger charge is 2.37. The summed E-state index contributed by atoms with van der Waals surface area (Å²) < 4.78 is 5.58. The normalized spacial score (nSPS) is 18.5. The highest BCUT2D eigenvalue weighted by Crippen LogP contribution is 2.33. The minimum absolute atomic E-state index is 0.0405. The number of para-hydroxylation sites is 2. The lowest BCUT2D eigenvalue weighted by atomic mass is 10.0. The van der Waals surface area contributed by atoms with Crippen LogP contribution in [0.4, 0.5) is 5.69 Å². The summed E-state index contributed by atoms with van der Waals surface area (Å²) in [5.41, 5.74) is 0.442. The number of rotatable bonds is 4. The number of carbonyl (C=O) groups excluding carboxylic acids is 2. The second-order valence-corrected chi connectivity index (χ2v) is 6.55. The smallest absolute Gasteiger partial charge is 0.227 e. The van der Waals surface area contributed by atoms with Crippen molar-refractivity contribution >= 4 is 17.5 Å². The molecule has 1 aliphatic heterocycles. The zero-order valence-corrected chi connectivity index (χ0v) is 13.7. The van der Waals surface area contributed by atoms with Crippen molar-refractivity contribution in [3.05, 3.63) is 24.3 Å². The summed E-state index contributed by atoms with van der Waals surface area (Å²) in [6.45, 7) is 8.64. The van der Waals surface area contributed by atoms with Gasteiger partial charge in [-0.1, -0.05) is 12.1 Å². The number of carbonyl (C=O) groups is 2. The van der Waals surface area contributed by atoms with Crippen LogP contribution >= 0.6 is 0 Å². The van der Waals surface area contributed by atoms with Crippen molar-refractivity contribution in [3.8, 4) is 5.75 Å². The highest BCUT2D eigenvalue weighted by atomic mass is 16.5. The van der Waals surface area contributed by atoms with E-state index in [1.807, 2.05) is 52.0 Å². The molecule has 1 fully saturated rings. The first-order chi connectivity index (χ1) is 10.3. The number of benzene rings is 1. The zero-order valence-electron chi connectivity index (χ0n) is 13.7. The van der Waals surface area contributed by atoms with Crippen LogP contribution in [-0.2, 0) is 9.59 Å². The molecule has 2 amide bonds. The third-order valence-corrected chi connectivity index (χ3v) is 3.45. The van der Waals surface area contributed by atoms with Crippen molar-refractivity contribution in [2.45, 2.75) is 39.7 Å². The summed E-state index contributed by atoms with van der Waals surface area (Å²) in [6, 6.07) is 7.44. The van der Waals surface area contributed by atoms with Gasteiger partial charge in [-0.15, -0.1) is 0 Å². The Bertz CT molecular complexity index is 563. The van der Waals surface area contributed by atoms with Crippen LogP contribution in [-0.4, -0.2) is 30.5 Å². The van der Waals surface area contributed by atoms with E-state index < -0.39 is 0 Å². The van der Waals surface area contributed by atoms with Gasteiger partial charge in [-0.05, 0) is 39.8 Å². The molecule has 0 radical (unpaired) electrons.